The van der Waals surface area contributed by atoms with E-state index in [1.54, 1.807) is 12.3 Å². The number of H-pyrrole nitrogens is 1. The summed E-state index contributed by atoms with van der Waals surface area (Å²) in [5.74, 6) is -5.45. The first-order valence-corrected chi connectivity index (χ1v) is 10.3. The Labute approximate surface area is 193 Å². The predicted molar refractivity (Wildman–Crippen MR) is 118 cm³/mol. The van der Waals surface area contributed by atoms with Gasteiger partial charge in [0.15, 0.2) is 0 Å². The van der Waals surface area contributed by atoms with Crippen LogP contribution in [0.3, 0.4) is 0 Å². The van der Waals surface area contributed by atoms with Crippen molar-refractivity contribution in [3.63, 3.8) is 0 Å². The van der Waals surface area contributed by atoms with Crippen LogP contribution in [0.4, 0.5) is 0 Å². The van der Waals surface area contributed by atoms with E-state index < -0.39 is 66.9 Å². The van der Waals surface area contributed by atoms with E-state index in [-0.39, 0.29) is 6.42 Å². The van der Waals surface area contributed by atoms with Gasteiger partial charge in [0.25, 0.3) is 0 Å². The monoisotopic (exact) mass is 477 g/mol. The summed E-state index contributed by atoms with van der Waals surface area (Å²) in [5.41, 5.74) is 7.15. The van der Waals surface area contributed by atoms with Crippen LogP contribution in [-0.4, -0.2) is 80.7 Å². The largest absolute Gasteiger partial charge is 0.481 e. The van der Waals surface area contributed by atoms with Crippen LogP contribution < -0.4 is 21.7 Å². The number of rotatable bonds is 12. The molecule has 4 unspecified atom stereocenters. The van der Waals surface area contributed by atoms with Crippen molar-refractivity contribution < 1.29 is 39.3 Å². The van der Waals surface area contributed by atoms with Gasteiger partial charge in [-0.1, -0.05) is 18.2 Å². The van der Waals surface area contributed by atoms with E-state index in [0.717, 1.165) is 10.9 Å². The summed E-state index contributed by atoms with van der Waals surface area (Å²) in [7, 11) is 0. The Morgan fingerprint density at radius 1 is 1.03 bits per heavy atom. The van der Waals surface area contributed by atoms with Crippen molar-refractivity contribution in [2.24, 2.45) is 5.73 Å². The van der Waals surface area contributed by atoms with E-state index in [4.69, 9.17) is 15.9 Å². The van der Waals surface area contributed by atoms with Crippen LogP contribution in [0.15, 0.2) is 30.5 Å². The van der Waals surface area contributed by atoms with Crippen LogP contribution in [0.5, 0.6) is 0 Å². The number of aromatic amines is 1. The van der Waals surface area contributed by atoms with Crippen LogP contribution in [0.2, 0.25) is 0 Å². The standard InChI is InChI=1S/C21H27N5O8/c1-10(27)18(22)20(32)26-14(6-11-8-23-13-5-3-2-4-12(11)13)19(31)24-9-16(28)25-15(21(33)34)7-17(29)30/h2-5,8,10,14-15,18,23,27H,6-7,9,22H2,1H3,(H,24,31)(H,25,28)(H,26,32)(H,29,30)(H,33,34). The van der Waals surface area contributed by atoms with Gasteiger partial charge in [-0.2, -0.15) is 0 Å². The number of fused-ring (bicyclic) bond motifs is 1. The summed E-state index contributed by atoms with van der Waals surface area (Å²) in [6, 6.07) is 3.12. The van der Waals surface area contributed by atoms with Crippen molar-refractivity contribution in [2.45, 2.75) is 44.0 Å². The molecular formula is C21H27N5O8. The highest BCUT2D eigenvalue weighted by Crippen LogP contribution is 2.19. The average molecular weight is 477 g/mol. The van der Waals surface area contributed by atoms with Gasteiger partial charge in [0.2, 0.25) is 17.7 Å². The third-order valence-corrected chi connectivity index (χ3v) is 4.99. The maximum absolute atomic E-state index is 12.8. The molecule has 0 aliphatic rings. The predicted octanol–water partition coefficient (Wildman–Crippen LogP) is -1.94. The molecule has 1 aromatic heterocycles. The Hall–Kier alpha value is -3.97. The van der Waals surface area contributed by atoms with Gasteiger partial charge in [-0.15, -0.1) is 0 Å². The van der Waals surface area contributed by atoms with E-state index in [9.17, 15) is 29.1 Å². The first-order chi connectivity index (χ1) is 16.0. The summed E-state index contributed by atoms with van der Waals surface area (Å²) in [5, 5.41) is 34.9. The SMILES string of the molecule is CC(O)C(N)C(=O)NC(Cc1c[nH]c2ccccc12)C(=O)NCC(=O)NC(CC(=O)O)C(=O)O. The molecule has 0 aliphatic carbocycles. The third kappa shape index (κ3) is 7.28. The van der Waals surface area contributed by atoms with Gasteiger partial charge in [-0.3, -0.25) is 19.2 Å². The lowest BCUT2D eigenvalue weighted by atomic mass is 10.0. The van der Waals surface area contributed by atoms with E-state index in [1.165, 1.54) is 6.92 Å². The molecule has 0 fully saturated rings. The number of carboxylic acids is 2. The minimum Gasteiger partial charge on any atom is -0.481 e. The first-order valence-electron chi connectivity index (χ1n) is 10.3. The summed E-state index contributed by atoms with van der Waals surface area (Å²) >= 11 is 0. The summed E-state index contributed by atoms with van der Waals surface area (Å²) in [4.78, 5) is 62.1. The van der Waals surface area contributed by atoms with Crippen molar-refractivity contribution in [1.29, 1.82) is 0 Å². The molecule has 0 radical (unpaired) electrons. The number of hydrogen-bond donors (Lipinski definition) is 8. The van der Waals surface area contributed by atoms with Crippen molar-refractivity contribution >= 4 is 40.6 Å². The number of carbonyl (C=O) groups excluding carboxylic acids is 3. The minimum atomic E-state index is -1.67. The number of carboxylic acid groups (broad SMARTS) is 2. The molecule has 13 heteroatoms. The maximum Gasteiger partial charge on any atom is 0.326 e. The first kappa shape index (κ1) is 26.3. The molecule has 0 saturated carbocycles. The van der Waals surface area contributed by atoms with Crippen molar-refractivity contribution in [3.8, 4) is 0 Å². The molecule has 4 atom stereocenters. The molecule has 0 bridgehead atoms. The number of aromatic nitrogens is 1. The molecular weight excluding hydrogens is 450 g/mol. The zero-order chi connectivity index (χ0) is 25.4. The van der Waals surface area contributed by atoms with Gasteiger partial charge in [-0.25, -0.2) is 4.79 Å². The van der Waals surface area contributed by atoms with Crippen LogP contribution in [0, 0.1) is 0 Å². The molecule has 9 N–H and O–H groups in total. The highest BCUT2D eigenvalue weighted by Gasteiger charge is 2.28. The van der Waals surface area contributed by atoms with Crippen molar-refractivity contribution in [1.82, 2.24) is 20.9 Å². The van der Waals surface area contributed by atoms with Gasteiger partial charge in [0.1, 0.15) is 18.1 Å². The molecule has 1 heterocycles. The number of amides is 3. The summed E-state index contributed by atoms with van der Waals surface area (Å²) in [6.45, 7) is 0.657. The molecule has 1 aromatic carbocycles. The van der Waals surface area contributed by atoms with Gasteiger partial charge in [0, 0.05) is 23.5 Å². The fourth-order valence-electron chi connectivity index (χ4n) is 3.13. The molecule has 3 amide bonds. The number of aliphatic hydroxyl groups is 1. The Morgan fingerprint density at radius 3 is 2.32 bits per heavy atom. The van der Waals surface area contributed by atoms with Gasteiger partial charge < -0.3 is 42.0 Å². The second-order valence-electron chi connectivity index (χ2n) is 7.67. The quantitative estimate of drug-likeness (QED) is 0.170. The Balaban J connectivity index is 2.12. The summed E-state index contributed by atoms with van der Waals surface area (Å²) in [6.07, 6.45) is -0.329. The van der Waals surface area contributed by atoms with E-state index in [0.29, 0.717) is 5.56 Å². The molecule has 184 valence electrons. The van der Waals surface area contributed by atoms with Crippen molar-refractivity contribution in [3.05, 3.63) is 36.0 Å². The lowest BCUT2D eigenvalue weighted by Crippen LogP contribution is -2.56. The lowest BCUT2D eigenvalue weighted by Gasteiger charge is -2.22. The molecule has 0 spiro atoms. The molecule has 34 heavy (non-hydrogen) atoms. The van der Waals surface area contributed by atoms with Crippen LogP contribution in [0.1, 0.15) is 18.9 Å². The van der Waals surface area contributed by atoms with E-state index >= 15 is 0 Å². The molecule has 0 saturated heterocycles. The van der Waals surface area contributed by atoms with Crippen molar-refractivity contribution in [2.75, 3.05) is 6.54 Å². The number of nitrogens with one attached hydrogen (secondary N) is 4. The highest BCUT2D eigenvalue weighted by molar-refractivity contribution is 5.94. The number of aliphatic carboxylic acids is 2. The fourth-order valence-corrected chi connectivity index (χ4v) is 3.13. The average Bonchev–Trinajstić information content (AvgIpc) is 3.18. The number of aliphatic hydroxyl groups excluding tert-OH is 1. The van der Waals surface area contributed by atoms with E-state index in [1.807, 2.05) is 23.5 Å². The smallest absolute Gasteiger partial charge is 0.326 e. The number of carbonyl (C=O) groups is 5. The van der Waals surface area contributed by atoms with Gasteiger partial charge in [0.05, 0.1) is 19.1 Å². The van der Waals surface area contributed by atoms with Gasteiger partial charge >= 0.3 is 11.9 Å². The third-order valence-electron chi connectivity index (χ3n) is 4.99. The summed E-state index contributed by atoms with van der Waals surface area (Å²) < 4.78 is 0. The number of para-hydroxylation sites is 1. The Kier molecular flexibility index (Phi) is 9.10. The highest BCUT2D eigenvalue weighted by atomic mass is 16.4. The normalized spacial score (nSPS) is 14.4. The van der Waals surface area contributed by atoms with E-state index in [2.05, 4.69) is 15.6 Å². The topological polar surface area (TPSA) is 224 Å². The minimum absolute atomic E-state index is 0.0203. The Bertz CT molecular complexity index is 1070. The lowest BCUT2D eigenvalue weighted by molar-refractivity contribution is -0.147. The zero-order valence-electron chi connectivity index (χ0n) is 18.3. The maximum atomic E-state index is 12.8. The molecule has 0 aliphatic heterocycles. The van der Waals surface area contributed by atoms with Crippen LogP contribution in [0.25, 0.3) is 10.9 Å². The molecule has 2 aromatic rings. The molecule has 2 rings (SSSR count). The Morgan fingerprint density at radius 2 is 1.71 bits per heavy atom. The van der Waals surface area contributed by atoms with Gasteiger partial charge in [-0.05, 0) is 18.6 Å². The number of hydrogen-bond acceptors (Lipinski definition) is 7. The zero-order valence-corrected chi connectivity index (χ0v) is 18.3. The fraction of sp³-hybridized carbons (Fsp3) is 0.381. The second-order valence-corrected chi connectivity index (χ2v) is 7.67. The van der Waals surface area contributed by atoms with Crippen LogP contribution in [-0.2, 0) is 30.4 Å². The number of benzene rings is 1. The second kappa shape index (κ2) is 11.8. The molecule has 13 nitrogen and oxygen atoms in total. The van der Waals surface area contributed by atoms with Crippen LogP contribution >= 0.6 is 0 Å². The number of nitrogens with two attached hydrogens (primary N) is 1.